The van der Waals surface area contributed by atoms with Gasteiger partial charge < -0.3 is 10.2 Å². The standard InChI is InChI=1S/C12H22N4O/c1-4-6-8-17-12-9(3)11(16-13)14-10(15-12)7-5-2/h4-8,13H2,1-3H3,(H,14,15,16). The molecule has 0 unspecified atom stereocenters. The van der Waals surface area contributed by atoms with Gasteiger partial charge in [-0.25, -0.2) is 10.8 Å². The predicted octanol–water partition coefficient (Wildman–Crippen LogP) is 2.20. The van der Waals surface area contributed by atoms with E-state index in [1.165, 1.54) is 0 Å². The number of nitrogens with two attached hydrogens (primary N) is 1. The molecule has 0 atom stereocenters. The van der Waals surface area contributed by atoms with E-state index >= 15 is 0 Å². The number of nitrogen functional groups attached to an aromatic ring is 1. The van der Waals surface area contributed by atoms with Gasteiger partial charge in [-0.15, -0.1) is 0 Å². The Balaban J connectivity index is 2.88. The molecule has 1 aromatic rings. The van der Waals surface area contributed by atoms with Crippen LogP contribution in [-0.2, 0) is 6.42 Å². The maximum Gasteiger partial charge on any atom is 0.221 e. The zero-order valence-corrected chi connectivity index (χ0v) is 10.9. The minimum atomic E-state index is 0.643. The molecule has 96 valence electrons. The minimum Gasteiger partial charge on any atom is -0.477 e. The van der Waals surface area contributed by atoms with Gasteiger partial charge in [-0.2, -0.15) is 4.98 Å². The highest BCUT2D eigenvalue weighted by atomic mass is 16.5. The summed E-state index contributed by atoms with van der Waals surface area (Å²) in [6.45, 7) is 6.82. The normalized spacial score (nSPS) is 10.4. The van der Waals surface area contributed by atoms with Crippen LogP contribution in [0, 0.1) is 6.92 Å². The summed E-state index contributed by atoms with van der Waals surface area (Å²) in [6, 6.07) is 0. The van der Waals surface area contributed by atoms with Crippen LogP contribution in [0.15, 0.2) is 0 Å². The monoisotopic (exact) mass is 238 g/mol. The maximum absolute atomic E-state index is 5.66. The summed E-state index contributed by atoms with van der Waals surface area (Å²) in [5.74, 6) is 7.51. The molecule has 0 fully saturated rings. The molecule has 5 nitrogen and oxygen atoms in total. The Morgan fingerprint density at radius 2 is 2.00 bits per heavy atom. The van der Waals surface area contributed by atoms with Gasteiger partial charge in [-0.1, -0.05) is 20.3 Å². The first kappa shape index (κ1) is 13.7. The summed E-state index contributed by atoms with van der Waals surface area (Å²) in [5.41, 5.74) is 3.46. The number of hydrogen-bond donors (Lipinski definition) is 2. The smallest absolute Gasteiger partial charge is 0.221 e. The van der Waals surface area contributed by atoms with Crippen molar-refractivity contribution in [1.29, 1.82) is 0 Å². The third-order valence-corrected chi connectivity index (χ3v) is 2.49. The summed E-state index contributed by atoms with van der Waals surface area (Å²) >= 11 is 0. The number of nitrogens with zero attached hydrogens (tertiary/aromatic N) is 2. The lowest BCUT2D eigenvalue weighted by molar-refractivity contribution is 0.294. The Morgan fingerprint density at radius 3 is 2.59 bits per heavy atom. The molecular weight excluding hydrogens is 216 g/mol. The maximum atomic E-state index is 5.66. The predicted molar refractivity (Wildman–Crippen MR) is 69.0 cm³/mol. The molecule has 0 aliphatic heterocycles. The molecule has 0 radical (unpaired) electrons. The van der Waals surface area contributed by atoms with Crippen molar-refractivity contribution in [2.75, 3.05) is 12.0 Å². The van der Waals surface area contributed by atoms with Gasteiger partial charge in [0.25, 0.3) is 0 Å². The van der Waals surface area contributed by atoms with Crippen molar-refractivity contribution in [3.05, 3.63) is 11.4 Å². The molecular formula is C12H22N4O. The summed E-state index contributed by atoms with van der Waals surface area (Å²) in [7, 11) is 0. The van der Waals surface area contributed by atoms with Crippen LogP contribution in [0.4, 0.5) is 5.82 Å². The Hall–Kier alpha value is -1.36. The minimum absolute atomic E-state index is 0.643. The number of aromatic nitrogens is 2. The zero-order chi connectivity index (χ0) is 12.7. The average molecular weight is 238 g/mol. The molecule has 5 heteroatoms. The van der Waals surface area contributed by atoms with E-state index in [4.69, 9.17) is 10.6 Å². The highest BCUT2D eigenvalue weighted by Gasteiger charge is 2.10. The fraction of sp³-hybridized carbons (Fsp3) is 0.667. The lowest BCUT2D eigenvalue weighted by atomic mass is 10.3. The molecule has 0 bridgehead atoms. The van der Waals surface area contributed by atoms with Crippen molar-refractivity contribution in [1.82, 2.24) is 9.97 Å². The largest absolute Gasteiger partial charge is 0.477 e. The summed E-state index contributed by atoms with van der Waals surface area (Å²) < 4.78 is 5.66. The summed E-state index contributed by atoms with van der Waals surface area (Å²) in [4.78, 5) is 8.76. The van der Waals surface area contributed by atoms with E-state index in [0.29, 0.717) is 18.3 Å². The third-order valence-electron chi connectivity index (χ3n) is 2.49. The van der Waals surface area contributed by atoms with Gasteiger partial charge in [0.15, 0.2) is 0 Å². The molecule has 1 heterocycles. The first-order valence-corrected chi connectivity index (χ1v) is 6.19. The SMILES string of the molecule is CCCCOc1nc(CCC)nc(NN)c1C. The second-order valence-corrected chi connectivity index (χ2v) is 4.01. The lowest BCUT2D eigenvalue weighted by Gasteiger charge is -2.12. The fourth-order valence-corrected chi connectivity index (χ4v) is 1.47. The molecule has 1 aromatic heterocycles. The van der Waals surface area contributed by atoms with Crippen molar-refractivity contribution >= 4 is 5.82 Å². The van der Waals surface area contributed by atoms with Gasteiger partial charge in [0.05, 0.1) is 12.2 Å². The first-order chi connectivity index (χ1) is 8.22. The molecule has 0 saturated carbocycles. The van der Waals surface area contributed by atoms with Gasteiger partial charge in [-0.3, -0.25) is 0 Å². The topological polar surface area (TPSA) is 73.1 Å². The van der Waals surface area contributed by atoms with Crippen LogP contribution in [-0.4, -0.2) is 16.6 Å². The van der Waals surface area contributed by atoms with E-state index in [0.717, 1.165) is 37.1 Å². The molecule has 0 aromatic carbocycles. The number of aryl methyl sites for hydroxylation is 1. The Labute approximate surface area is 103 Å². The number of unbranched alkanes of at least 4 members (excludes halogenated alkanes) is 1. The number of nitrogens with one attached hydrogen (secondary N) is 1. The highest BCUT2D eigenvalue weighted by molar-refractivity contribution is 5.47. The lowest BCUT2D eigenvalue weighted by Crippen LogP contribution is -2.14. The molecule has 0 amide bonds. The van der Waals surface area contributed by atoms with Crippen LogP contribution in [0.2, 0.25) is 0 Å². The third kappa shape index (κ3) is 3.85. The quantitative estimate of drug-likeness (QED) is 0.433. The van der Waals surface area contributed by atoms with E-state index in [-0.39, 0.29) is 0 Å². The molecule has 0 saturated heterocycles. The number of rotatable bonds is 7. The zero-order valence-electron chi connectivity index (χ0n) is 10.9. The number of ether oxygens (including phenoxy) is 1. The molecule has 0 spiro atoms. The van der Waals surface area contributed by atoms with Crippen molar-refractivity contribution in [2.24, 2.45) is 5.84 Å². The molecule has 3 N–H and O–H groups in total. The van der Waals surface area contributed by atoms with Gasteiger partial charge in [-0.05, 0) is 19.8 Å². The van der Waals surface area contributed by atoms with Crippen LogP contribution in [0.3, 0.4) is 0 Å². The molecule has 0 aliphatic carbocycles. The molecule has 1 rings (SSSR count). The number of hydrazine groups is 1. The Kier molecular flexibility index (Phi) is 5.69. The fourth-order valence-electron chi connectivity index (χ4n) is 1.47. The summed E-state index contributed by atoms with van der Waals surface area (Å²) in [5, 5.41) is 0. The van der Waals surface area contributed by atoms with Crippen molar-refractivity contribution in [2.45, 2.75) is 46.5 Å². The second-order valence-electron chi connectivity index (χ2n) is 4.01. The van der Waals surface area contributed by atoms with Gasteiger partial charge in [0.2, 0.25) is 5.88 Å². The molecule has 17 heavy (non-hydrogen) atoms. The number of hydrogen-bond acceptors (Lipinski definition) is 5. The van der Waals surface area contributed by atoms with Crippen LogP contribution in [0.5, 0.6) is 5.88 Å². The van der Waals surface area contributed by atoms with Crippen molar-refractivity contribution in [3.63, 3.8) is 0 Å². The first-order valence-electron chi connectivity index (χ1n) is 6.19. The van der Waals surface area contributed by atoms with Crippen molar-refractivity contribution in [3.8, 4) is 5.88 Å². The average Bonchev–Trinajstić information content (AvgIpc) is 2.33. The van der Waals surface area contributed by atoms with E-state index in [9.17, 15) is 0 Å². The van der Waals surface area contributed by atoms with E-state index in [1.807, 2.05) is 6.92 Å². The highest BCUT2D eigenvalue weighted by Crippen LogP contribution is 2.22. The second kappa shape index (κ2) is 7.06. The summed E-state index contributed by atoms with van der Waals surface area (Å²) in [6.07, 6.45) is 3.96. The van der Waals surface area contributed by atoms with Crippen LogP contribution in [0.1, 0.15) is 44.5 Å². The van der Waals surface area contributed by atoms with E-state index in [2.05, 4.69) is 29.2 Å². The van der Waals surface area contributed by atoms with Gasteiger partial charge >= 0.3 is 0 Å². The molecule has 0 aliphatic rings. The van der Waals surface area contributed by atoms with Gasteiger partial charge in [0, 0.05) is 6.42 Å². The van der Waals surface area contributed by atoms with Crippen LogP contribution in [0.25, 0.3) is 0 Å². The Morgan fingerprint density at radius 1 is 1.24 bits per heavy atom. The Bertz CT molecular complexity index is 355. The van der Waals surface area contributed by atoms with Crippen LogP contribution < -0.4 is 16.0 Å². The van der Waals surface area contributed by atoms with Crippen LogP contribution >= 0.6 is 0 Å². The van der Waals surface area contributed by atoms with Crippen molar-refractivity contribution < 1.29 is 4.74 Å². The van der Waals surface area contributed by atoms with E-state index < -0.39 is 0 Å². The van der Waals surface area contributed by atoms with E-state index in [1.54, 1.807) is 0 Å². The number of anilines is 1. The van der Waals surface area contributed by atoms with Gasteiger partial charge in [0.1, 0.15) is 11.6 Å².